The first-order chi connectivity index (χ1) is 14.5. The number of amides is 1. The van der Waals surface area contributed by atoms with Crippen LogP contribution >= 0.6 is 0 Å². The van der Waals surface area contributed by atoms with E-state index in [1.54, 1.807) is 55.5 Å². The van der Waals surface area contributed by atoms with Crippen molar-refractivity contribution < 1.29 is 23.6 Å². The van der Waals surface area contributed by atoms with Crippen molar-refractivity contribution in [1.29, 1.82) is 0 Å². The van der Waals surface area contributed by atoms with Gasteiger partial charge in [0, 0.05) is 11.5 Å². The molecule has 0 unspecified atom stereocenters. The number of furan rings is 1. The van der Waals surface area contributed by atoms with Crippen molar-refractivity contribution >= 4 is 28.5 Å². The number of anilines is 1. The van der Waals surface area contributed by atoms with Gasteiger partial charge in [-0.2, -0.15) is 0 Å². The number of aromatic nitrogens is 1. The second kappa shape index (κ2) is 6.73. The van der Waals surface area contributed by atoms with Gasteiger partial charge in [-0.25, -0.2) is 0 Å². The van der Waals surface area contributed by atoms with Crippen LogP contribution in [0.2, 0.25) is 0 Å². The number of fused-ring (bicyclic) bond motifs is 1. The van der Waals surface area contributed by atoms with Crippen LogP contribution in [-0.2, 0) is 4.79 Å². The van der Waals surface area contributed by atoms with E-state index in [0.29, 0.717) is 16.9 Å². The summed E-state index contributed by atoms with van der Waals surface area (Å²) >= 11 is 0. The van der Waals surface area contributed by atoms with Crippen LogP contribution in [0.4, 0.5) is 5.82 Å². The molecule has 148 valence electrons. The van der Waals surface area contributed by atoms with Crippen molar-refractivity contribution in [3.8, 4) is 0 Å². The highest BCUT2D eigenvalue weighted by Crippen LogP contribution is 2.42. The highest BCUT2D eigenvalue weighted by atomic mass is 16.5. The third kappa shape index (κ3) is 2.71. The van der Waals surface area contributed by atoms with Gasteiger partial charge in [-0.3, -0.25) is 14.5 Å². The van der Waals surface area contributed by atoms with Crippen molar-refractivity contribution in [3.63, 3.8) is 0 Å². The lowest BCUT2D eigenvalue weighted by Gasteiger charge is -2.24. The average Bonchev–Trinajstić information content (AvgIpc) is 3.45. The first kappa shape index (κ1) is 17.9. The van der Waals surface area contributed by atoms with E-state index in [1.165, 1.54) is 4.90 Å². The molecule has 0 spiro atoms. The molecule has 0 saturated heterocycles. The molecule has 0 bridgehead atoms. The maximum absolute atomic E-state index is 13.4. The van der Waals surface area contributed by atoms with Crippen LogP contribution in [0, 0.1) is 6.92 Å². The number of hydrogen-bond acceptors (Lipinski definition) is 6. The van der Waals surface area contributed by atoms with Crippen LogP contribution < -0.4 is 4.90 Å². The van der Waals surface area contributed by atoms with Gasteiger partial charge >= 0.3 is 0 Å². The number of ketones is 1. The summed E-state index contributed by atoms with van der Waals surface area (Å²) < 4.78 is 10.8. The first-order valence-electron chi connectivity index (χ1n) is 9.33. The molecule has 3 heterocycles. The molecule has 0 fully saturated rings. The minimum absolute atomic E-state index is 0.0460. The third-order valence-corrected chi connectivity index (χ3v) is 5.08. The zero-order chi connectivity index (χ0) is 20.8. The van der Waals surface area contributed by atoms with Gasteiger partial charge in [0.15, 0.2) is 17.3 Å². The number of nitrogens with zero attached hydrogens (tertiary/aromatic N) is 2. The Kier molecular flexibility index (Phi) is 4.03. The second-order valence-corrected chi connectivity index (χ2v) is 7.02. The fraction of sp³-hybridized carbons (Fsp3) is 0.0870. The minimum atomic E-state index is -0.871. The van der Waals surface area contributed by atoms with Crippen LogP contribution in [-0.4, -0.2) is 22.0 Å². The van der Waals surface area contributed by atoms with Crippen LogP contribution in [0.5, 0.6) is 0 Å². The lowest BCUT2D eigenvalue weighted by atomic mass is 9.95. The number of hydrogen-bond donors (Lipinski definition) is 1. The molecular weight excluding hydrogens is 384 g/mol. The van der Waals surface area contributed by atoms with Crippen LogP contribution in [0.1, 0.15) is 27.9 Å². The quantitative estimate of drug-likeness (QED) is 0.506. The average molecular weight is 400 g/mol. The largest absolute Gasteiger partial charge is 0.503 e. The number of aryl methyl sites for hydroxylation is 1. The summed E-state index contributed by atoms with van der Waals surface area (Å²) in [4.78, 5) is 27.6. The highest BCUT2D eigenvalue weighted by molar-refractivity contribution is 6.20. The summed E-state index contributed by atoms with van der Waals surface area (Å²) in [5.74, 6) is -1.16. The Labute approximate surface area is 170 Å². The van der Waals surface area contributed by atoms with Crippen molar-refractivity contribution in [2.75, 3.05) is 4.90 Å². The van der Waals surface area contributed by atoms with Gasteiger partial charge in [0.25, 0.3) is 5.91 Å². The summed E-state index contributed by atoms with van der Waals surface area (Å²) in [5.41, 5.74) is 1.13. The summed E-state index contributed by atoms with van der Waals surface area (Å²) in [6.45, 7) is 1.70. The number of carbonyl (C=O) groups is 2. The van der Waals surface area contributed by atoms with Crippen LogP contribution in [0.25, 0.3) is 11.0 Å². The fourth-order valence-corrected chi connectivity index (χ4v) is 3.72. The molecule has 1 N–H and O–H groups in total. The van der Waals surface area contributed by atoms with E-state index < -0.39 is 23.5 Å². The normalized spacial score (nSPS) is 16.6. The van der Waals surface area contributed by atoms with E-state index in [4.69, 9.17) is 8.94 Å². The Morgan fingerprint density at radius 3 is 2.50 bits per heavy atom. The maximum atomic E-state index is 13.4. The topological polar surface area (TPSA) is 96.8 Å². The molecule has 2 aromatic heterocycles. The molecule has 5 rings (SSSR count). The standard InChI is InChI=1S/C23H16N2O5/c1-13-11-18(24-30-13)25-20(14-7-3-2-4-8-14)19(22(27)23(25)28)21(26)17-12-15-9-5-6-10-16(15)29-17/h2-12,20,27H,1H3/t20-/m1/s1. The van der Waals surface area contributed by atoms with Gasteiger partial charge in [0.05, 0.1) is 11.6 Å². The molecule has 0 radical (unpaired) electrons. The third-order valence-electron chi connectivity index (χ3n) is 5.08. The lowest BCUT2D eigenvalue weighted by molar-refractivity contribution is -0.117. The summed E-state index contributed by atoms with van der Waals surface area (Å²) in [6, 6.07) is 18.5. The SMILES string of the molecule is Cc1cc(N2C(=O)C(O)=C(C(=O)c3cc4ccccc4o3)[C@H]2c2ccccc2)no1. The van der Waals surface area contributed by atoms with Crippen LogP contribution in [0.15, 0.2) is 87.0 Å². The monoisotopic (exact) mass is 400 g/mol. The maximum Gasteiger partial charge on any atom is 0.295 e. The molecule has 30 heavy (non-hydrogen) atoms. The molecule has 2 aromatic carbocycles. The van der Waals surface area contributed by atoms with Gasteiger partial charge in [0.2, 0.25) is 5.78 Å². The van der Waals surface area contributed by atoms with E-state index in [2.05, 4.69) is 5.16 Å². The Bertz CT molecular complexity index is 1280. The van der Waals surface area contributed by atoms with Crippen LogP contribution in [0.3, 0.4) is 0 Å². The van der Waals surface area contributed by atoms with E-state index in [1.807, 2.05) is 18.2 Å². The Morgan fingerprint density at radius 2 is 1.80 bits per heavy atom. The number of rotatable bonds is 4. The number of aliphatic hydroxyl groups excluding tert-OH is 1. The number of para-hydroxylation sites is 1. The summed E-state index contributed by atoms with van der Waals surface area (Å²) in [7, 11) is 0. The van der Waals surface area contributed by atoms with E-state index in [9.17, 15) is 14.7 Å². The van der Waals surface area contributed by atoms with Gasteiger partial charge in [-0.05, 0) is 24.6 Å². The van der Waals surface area contributed by atoms with Gasteiger partial charge in [-0.15, -0.1) is 0 Å². The molecule has 1 aliphatic rings. The Morgan fingerprint density at radius 1 is 1.07 bits per heavy atom. The van der Waals surface area contributed by atoms with Crippen molar-refractivity contribution in [2.45, 2.75) is 13.0 Å². The molecule has 1 atom stereocenters. The van der Waals surface area contributed by atoms with E-state index in [-0.39, 0.29) is 17.2 Å². The molecule has 4 aromatic rings. The zero-order valence-electron chi connectivity index (χ0n) is 15.9. The molecule has 0 aliphatic carbocycles. The molecule has 7 heteroatoms. The van der Waals surface area contributed by atoms with Crippen molar-refractivity contribution in [1.82, 2.24) is 5.16 Å². The number of benzene rings is 2. The van der Waals surface area contributed by atoms with Gasteiger partial charge in [0.1, 0.15) is 11.3 Å². The first-order valence-corrected chi connectivity index (χ1v) is 9.33. The summed E-state index contributed by atoms with van der Waals surface area (Å²) in [5, 5.41) is 15.4. The van der Waals surface area contributed by atoms with Gasteiger partial charge < -0.3 is 14.0 Å². The Hall–Kier alpha value is -4.13. The van der Waals surface area contributed by atoms with E-state index >= 15 is 0 Å². The zero-order valence-corrected chi connectivity index (χ0v) is 15.9. The molecular formula is C23H16N2O5. The molecule has 1 aliphatic heterocycles. The van der Waals surface area contributed by atoms with Crippen molar-refractivity contribution in [3.05, 3.63) is 95.1 Å². The van der Waals surface area contributed by atoms with E-state index in [0.717, 1.165) is 5.39 Å². The molecule has 0 saturated carbocycles. The lowest BCUT2D eigenvalue weighted by Crippen LogP contribution is -2.31. The minimum Gasteiger partial charge on any atom is -0.503 e. The molecule has 7 nitrogen and oxygen atoms in total. The number of aliphatic hydroxyl groups is 1. The van der Waals surface area contributed by atoms with Gasteiger partial charge in [-0.1, -0.05) is 53.7 Å². The predicted octanol–water partition coefficient (Wildman–Crippen LogP) is 4.51. The predicted molar refractivity (Wildman–Crippen MR) is 108 cm³/mol. The van der Waals surface area contributed by atoms with Crippen molar-refractivity contribution in [2.24, 2.45) is 0 Å². The number of carbonyl (C=O) groups excluding carboxylic acids is 2. The number of Topliss-reactive ketones (excluding diaryl/α,β-unsaturated/α-hetero) is 1. The smallest absolute Gasteiger partial charge is 0.295 e. The fourth-order valence-electron chi connectivity index (χ4n) is 3.72. The molecule has 1 amide bonds. The Balaban J connectivity index is 1.66. The summed E-state index contributed by atoms with van der Waals surface area (Å²) in [6.07, 6.45) is 0. The highest BCUT2D eigenvalue weighted by Gasteiger charge is 2.46. The second-order valence-electron chi connectivity index (χ2n) is 7.02.